The third-order valence-electron chi connectivity index (χ3n) is 1.88. The van der Waals surface area contributed by atoms with Crippen LogP contribution in [0, 0.1) is 0 Å². The fourth-order valence-corrected chi connectivity index (χ4v) is 6.33. The van der Waals surface area contributed by atoms with Crippen LogP contribution in [-0.4, -0.2) is 6.16 Å². The molecule has 90 valence electrons. The summed E-state index contributed by atoms with van der Waals surface area (Å²) < 4.78 is 47.0. The maximum absolute atomic E-state index is 11.7. The minimum atomic E-state index is -3.43. The van der Waals surface area contributed by atoms with E-state index in [0.717, 1.165) is 19.3 Å². The summed E-state index contributed by atoms with van der Waals surface area (Å²) in [5.41, 5.74) is 0. The molecule has 15 heavy (non-hydrogen) atoms. The third kappa shape index (κ3) is 4.95. The lowest BCUT2D eigenvalue weighted by Gasteiger charge is -2.21. The average Bonchev–Trinajstić information content (AvgIpc) is 2.10. The average molecular weight is 276 g/mol. The van der Waals surface area contributed by atoms with Gasteiger partial charge in [0.15, 0.2) is 0 Å². The molecule has 0 aromatic carbocycles. The lowest BCUT2D eigenvalue weighted by Crippen LogP contribution is -1.97. The van der Waals surface area contributed by atoms with Crippen LogP contribution in [0.1, 0.15) is 32.6 Å². The molecule has 1 rings (SSSR count). The Bertz CT molecular complexity index is 283. The zero-order chi connectivity index (χ0) is 11.3. The van der Waals surface area contributed by atoms with Gasteiger partial charge in [0.1, 0.15) is 0 Å². The van der Waals surface area contributed by atoms with Crippen molar-refractivity contribution in [2.24, 2.45) is 0 Å². The standard InChI is InChI=1S/C6H15O6P3/c1-2-3-4-5-6-15(9)11-13(7)10-14(8)12-15/h13-14H,2-6H2,1H3. The maximum Gasteiger partial charge on any atom is 0.344 e. The van der Waals surface area contributed by atoms with Gasteiger partial charge in [-0.2, -0.15) is 0 Å². The summed E-state index contributed by atoms with van der Waals surface area (Å²) in [7, 11) is -9.22. The highest BCUT2D eigenvalue weighted by Gasteiger charge is 2.35. The summed E-state index contributed by atoms with van der Waals surface area (Å²) in [6.45, 7) is 2.06. The largest absolute Gasteiger partial charge is 0.344 e. The van der Waals surface area contributed by atoms with Gasteiger partial charge in [0.25, 0.3) is 0 Å². The molecule has 0 saturated carbocycles. The Morgan fingerprint density at radius 2 is 1.67 bits per heavy atom. The third-order valence-corrected chi connectivity index (χ3v) is 7.49. The van der Waals surface area contributed by atoms with Crippen LogP contribution in [0.4, 0.5) is 0 Å². The fraction of sp³-hybridized carbons (Fsp3) is 1.00. The smallest absolute Gasteiger partial charge is 0.263 e. The number of rotatable bonds is 5. The SMILES string of the molecule is CCCCCCP1(=O)O[PH](=O)O[PH](=O)O1. The molecular weight excluding hydrogens is 261 g/mol. The molecule has 0 aromatic rings. The summed E-state index contributed by atoms with van der Waals surface area (Å²) in [6.07, 6.45) is 3.79. The van der Waals surface area contributed by atoms with Crippen molar-refractivity contribution >= 4 is 24.1 Å². The van der Waals surface area contributed by atoms with Crippen molar-refractivity contribution in [2.75, 3.05) is 6.16 Å². The van der Waals surface area contributed by atoms with Crippen LogP contribution in [0.3, 0.4) is 0 Å². The molecule has 0 spiro atoms. The Labute approximate surface area is 90.1 Å². The number of unbranched alkanes of at least 4 members (excludes halogenated alkanes) is 3. The van der Waals surface area contributed by atoms with Crippen molar-refractivity contribution in [3.63, 3.8) is 0 Å². The molecule has 0 amide bonds. The first kappa shape index (κ1) is 13.6. The first-order valence-electron chi connectivity index (χ1n) is 4.80. The Morgan fingerprint density at radius 3 is 2.20 bits per heavy atom. The summed E-state index contributed by atoms with van der Waals surface area (Å²) in [5.74, 6) is 0. The van der Waals surface area contributed by atoms with Crippen LogP contribution in [0.25, 0.3) is 0 Å². The van der Waals surface area contributed by atoms with Crippen molar-refractivity contribution in [3.05, 3.63) is 0 Å². The van der Waals surface area contributed by atoms with Gasteiger partial charge in [0.2, 0.25) is 0 Å². The molecule has 1 aliphatic rings. The van der Waals surface area contributed by atoms with Gasteiger partial charge in [-0.05, 0) is 6.42 Å². The van der Waals surface area contributed by atoms with Crippen molar-refractivity contribution in [2.45, 2.75) is 32.6 Å². The second kappa shape index (κ2) is 6.34. The van der Waals surface area contributed by atoms with Gasteiger partial charge in [-0.25, -0.2) is 12.9 Å². The lowest BCUT2D eigenvalue weighted by atomic mass is 10.2. The highest BCUT2D eigenvalue weighted by molar-refractivity contribution is 7.69. The molecule has 2 atom stereocenters. The fourth-order valence-electron chi connectivity index (χ4n) is 1.17. The van der Waals surface area contributed by atoms with E-state index in [4.69, 9.17) is 0 Å². The van der Waals surface area contributed by atoms with Crippen molar-refractivity contribution in [1.29, 1.82) is 0 Å². The Balaban J connectivity index is 2.40. The molecule has 0 aliphatic carbocycles. The zero-order valence-electron chi connectivity index (χ0n) is 8.43. The van der Waals surface area contributed by atoms with Crippen molar-refractivity contribution < 1.29 is 26.6 Å². The topological polar surface area (TPSA) is 78.9 Å². The van der Waals surface area contributed by atoms with Crippen molar-refractivity contribution in [3.8, 4) is 0 Å². The first-order chi connectivity index (χ1) is 7.06. The van der Waals surface area contributed by atoms with Gasteiger partial charge in [-0.1, -0.05) is 26.2 Å². The van der Waals surface area contributed by atoms with Gasteiger partial charge in [-0.3, -0.25) is 13.7 Å². The zero-order valence-corrected chi connectivity index (χ0v) is 11.3. The molecule has 1 aliphatic heterocycles. The molecular formula is C6H15O6P3. The molecule has 2 unspecified atom stereocenters. The molecule has 1 heterocycles. The number of hydrogen-bond donors (Lipinski definition) is 0. The van der Waals surface area contributed by atoms with Gasteiger partial charge >= 0.3 is 24.1 Å². The van der Waals surface area contributed by atoms with Gasteiger partial charge in [-0.15, -0.1) is 0 Å². The predicted molar refractivity (Wildman–Crippen MR) is 57.9 cm³/mol. The highest BCUT2D eigenvalue weighted by Crippen LogP contribution is 2.68. The Kier molecular flexibility index (Phi) is 5.76. The summed E-state index contributed by atoms with van der Waals surface area (Å²) >= 11 is 0. The van der Waals surface area contributed by atoms with Crippen LogP contribution in [-0.2, 0) is 26.6 Å². The number of hydrogen-bond acceptors (Lipinski definition) is 6. The monoisotopic (exact) mass is 276 g/mol. The van der Waals surface area contributed by atoms with E-state index in [1.807, 2.05) is 0 Å². The minimum absolute atomic E-state index is 0.156. The van der Waals surface area contributed by atoms with Crippen LogP contribution in [0.2, 0.25) is 0 Å². The van der Waals surface area contributed by atoms with E-state index in [1.54, 1.807) is 0 Å². The van der Waals surface area contributed by atoms with Crippen molar-refractivity contribution in [1.82, 2.24) is 0 Å². The van der Waals surface area contributed by atoms with E-state index >= 15 is 0 Å². The summed E-state index contributed by atoms with van der Waals surface area (Å²) in [4.78, 5) is 0. The second-order valence-electron chi connectivity index (χ2n) is 3.18. The van der Waals surface area contributed by atoms with Crippen LogP contribution in [0.15, 0.2) is 0 Å². The van der Waals surface area contributed by atoms with E-state index in [-0.39, 0.29) is 6.16 Å². The molecule has 0 N–H and O–H groups in total. The van der Waals surface area contributed by atoms with E-state index in [2.05, 4.69) is 19.9 Å². The molecule has 0 bridgehead atoms. The first-order valence-corrected chi connectivity index (χ1v) is 8.97. The molecule has 1 fully saturated rings. The molecule has 1 saturated heterocycles. The van der Waals surface area contributed by atoms with Crippen LogP contribution >= 0.6 is 24.1 Å². The molecule has 0 radical (unpaired) electrons. The molecule has 9 heteroatoms. The van der Waals surface area contributed by atoms with Crippen LogP contribution < -0.4 is 0 Å². The minimum Gasteiger partial charge on any atom is -0.263 e. The van der Waals surface area contributed by atoms with Gasteiger partial charge in [0.05, 0.1) is 6.16 Å². The Hall–Kier alpha value is 0.570. The summed E-state index contributed by atoms with van der Waals surface area (Å²) in [5, 5.41) is 0. The summed E-state index contributed by atoms with van der Waals surface area (Å²) in [6, 6.07) is 0. The molecule has 0 aromatic heterocycles. The Morgan fingerprint density at radius 1 is 1.07 bits per heavy atom. The van der Waals surface area contributed by atoms with Gasteiger partial charge in [0, 0.05) is 0 Å². The predicted octanol–water partition coefficient (Wildman–Crippen LogP) is 3.60. The highest BCUT2D eigenvalue weighted by atomic mass is 31.3. The lowest BCUT2D eigenvalue weighted by molar-refractivity contribution is 0.306. The van der Waals surface area contributed by atoms with Gasteiger partial charge < -0.3 is 0 Å². The second-order valence-corrected chi connectivity index (χ2v) is 8.13. The van der Waals surface area contributed by atoms with E-state index in [1.165, 1.54) is 0 Å². The van der Waals surface area contributed by atoms with E-state index in [9.17, 15) is 13.7 Å². The quantitative estimate of drug-likeness (QED) is 0.563. The normalized spacial score (nSPS) is 36.6. The van der Waals surface area contributed by atoms with E-state index in [0.29, 0.717) is 6.42 Å². The maximum atomic E-state index is 11.7. The van der Waals surface area contributed by atoms with E-state index < -0.39 is 24.1 Å². The van der Waals surface area contributed by atoms with Crippen LogP contribution in [0.5, 0.6) is 0 Å². The molecule has 6 nitrogen and oxygen atoms in total.